The van der Waals surface area contributed by atoms with E-state index in [9.17, 15) is 19.8 Å². The average Bonchev–Trinajstić information content (AvgIpc) is 2.57. The Morgan fingerprint density at radius 3 is 1.19 bits per heavy atom. The molecule has 0 fully saturated rings. The molecule has 0 atom stereocenters. The standard InChI is InChI=1S/C21H40O4.K.H/c1-3-5-7-9-10-11-12-13-14-16-18-21(19(22)23,20(24)25)17-15-8-6-4-2;;/h3-18H2,1-2H3,(H,22,23)(H,24,25);;/q;+1;-1. The van der Waals surface area contributed by atoms with Crippen LogP contribution < -0.4 is 51.4 Å². The van der Waals surface area contributed by atoms with Crippen molar-refractivity contribution in [3.05, 3.63) is 0 Å². The molecule has 0 aromatic carbocycles. The van der Waals surface area contributed by atoms with E-state index in [1.165, 1.54) is 44.9 Å². The fraction of sp³-hybridized carbons (Fsp3) is 0.905. The van der Waals surface area contributed by atoms with Crippen molar-refractivity contribution in [3.8, 4) is 0 Å². The van der Waals surface area contributed by atoms with Crippen molar-refractivity contribution >= 4 is 11.9 Å². The molecular formula is C21H41KO4. The monoisotopic (exact) mass is 396 g/mol. The molecule has 5 heteroatoms. The average molecular weight is 397 g/mol. The van der Waals surface area contributed by atoms with Gasteiger partial charge in [0.15, 0.2) is 5.41 Å². The number of hydrogen-bond donors (Lipinski definition) is 2. The molecule has 0 spiro atoms. The van der Waals surface area contributed by atoms with E-state index in [0.717, 1.165) is 32.1 Å². The fourth-order valence-corrected chi connectivity index (χ4v) is 3.41. The molecule has 0 radical (unpaired) electrons. The van der Waals surface area contributed by atoms with Gasteiger partial charge in [-0.1, -0.05) is 104 Å². The van der Waals surface area contributed by atoms with Gasteiger partial charge < -0.3 is 11.6 Å². The van der Waals surface area contributed by atoms with Gasteiger partial charge in [-0.25, -0.2) is 0 Å². The van der Waals surface area contributed by atoms with Crippen LogP contribution in [0.2, 0.25) is 0 Å². The number of carbonyl (C=O) groups is 2. The van der Waals surface area contributed by atoms with E-state index in [1.54, 1.807) is 0 Å². The molecule has 0 amide bonds. The Bertz CT molecular complexity index is 350. The van der Waals surface area contributed by atoms with Gasteiger partial charge >= 0.3 is 63.3 Å². The van der Waals surface area contributed by atoms with Crippen molar-refractivity contribution < 1.29 is 72.6 Å². The zero-order valence-corrected chi connectivity index (χ0v) is 20.6. The molecule has 0 aliphatic carbocycles. The maximum atomic E-state index is 11.6. The summed E-state index contributed by atoms with van der Waals surface area (Å²) in [6.07, 6.45) is 15.9. The number of carboxylic acid groups (broad SMARTS) is 2. The Morgan fingerprint density at radius 1 is 0.615 bits per heavy atom. The molecular weight excluding hydrogens is 355 g/mol. The van der Waals surface area contributed by atoms with E-state index in [0.29, 0.717) is 12.8 Å². The zero-order valence-electron chi connectivity index (χ0n) is 18.5. The third kappa shape index (κ3) is 12.9. The zero-order chi connectivity index (χ0) is 19.0. The van der Waals surface area contributed by atoms with Crippen LogP contribution in [0.3, 0.4) is 0 Å². The van der Waals surface area contributed by atoms with E-state index in [1.807, 2.05) is 0 Å². The Balaban J connectivity index is -0.00000288. The predicted molar refractivity (Wildman–Crippen MR) is 104 cm³/mol. The van der Waals surface area contributed by atoms with Crippen LogP contribution in [0.1, 0.15) is 118 Å². The van der Waals surface area contributed by atoms with Crippen LogP contribution in [-0.2, 0) is 9.59 Å². The minimum absolute atomic E-state index is 0. The minimum atomic E-state index is -1.58. The van der Waals surface area contributed by atoms with Gasteiger partial charge in [0.25, 0.3) is 0 Å². The number of rotatable bonds is 18. The number of aliphatic carboxylic acids is 2. The molecule has 0 aliphatic rings. The summed E-state index contributed by atoms with van der Waals surface area (Å²) in [6, 6.07) is 0. The van der Waals surface area contributed by atoms with Crippen molar-refractivity contribution in [2.45, 2.75) is 117 Å². The Labute approximate surface area is 204 Å². The molecule has 0 bridgehead atoms. The topological polar surface area (TPSA) is 74.6 Å². The van der Waals surface area contributed by atoms with E-state index >= 15 is 0 Å². The van der Waals surface area contributed by atoms with Crippen molar-refractivity contribution in [1.29, 1.82) is 0 Å². The van der Waals surface area contributed by atoms with Gasteiger partial charge in [0.2, 0.25) is 0 Å². The van der Waals surface area contributed by atoms with Gasteiger partial charge in [-0.15, -0.1) is 0 Å². The van der Waals surface area contributed by atoms with E-state index in [2.05, 4.69) is 13.8 Å². The minimum Gasteiger partial charge on any atom is -1.00 e. The number of hydrogen-bond acceptors (Lipinski definition) is 2. The molecule has 0 aromatic rings. The smallest absolute Gasteiger partial charge is 1.00 e. The molecule has 26 heavy (non-hydrogen) atoms. The molecule has 0 aromatic heterocycles. The maximum absolute atomic E-state index is 11.6. The second-order valence-corrected chi connectivity index (χ2v) is 7.44. The molecule has 0 rings (SSSR count). The fourth-order valence-electron chi connectivity index (χ4n) is 3.41. The Hall–Kier alpha value is 0.576. The first-order valence-corrected chi connectivity index (χ1v) is 10.5. The molecule has 2 N–H and O–H groups in total. The number of unbranched alkanes of at least 4 members (excludes halogenated alkanes) is 12. The first-order chi connectivity index (χ1) is 12.0. The first kappa shape index (κ1) is 28.8. The quantitative estimate of drug-likeness (QED) is 0.211. The molecule has 0 aliphatic heterocycles. The van der Waals surface area contributed by atoms with E-state index in [-0.39, 0.29) is 65.7 Å². The van der Waals surface area contributed by atoms with Crippen molar-refractivity contribution in [3.63, 3.8) is 0 Å². The molecule has 4 nitrogen and oxygen atoms in total. The largest absolute Gasteiger partial charge is 1.00 e. The number of carboxylic acids is 2. The summed E-state index contributed by atoms with van der Waals surface area (Å²) in [6.45, 7) is 4.31. The summed E-state index contributed by atoms with van der Waals surface area (Å²) in [4.78, 5) is 23.3. The summed E-state index contributed by atoms with van der Waals surface area (Å²) >= 11 is 0. The van der Waals surface area contributed by atoms with Crippen LogP contribution in [0.5, 0.6) is 0 Å². The van der Waals surface area contributed by atoms with Crippen LogP contribution >= 0.6 is 0 Å². The maximum Gasteiger partial charge on any atom is 1.00 e. The van der Waals surface area contributed by atoms with E-state index in [4.69, 9.17) is 0 Å². The second kappa shape index (κ2) is 18.9. The predicted octanol–water partition coefficient (Wildman–Crippen LogP) is 3.54. The SMILES string of the molecule is CCCCCCCCCCCCC(CCCCCC)(C(=O)O)C(=O)O.[H-].[K+]. The van der Waals surface area contributed by atoms with Crippen LogP contribution in [0.25, 0.3) is 0 Å². The third-order valence-corrected chi connectivity index (χ3v) is 5.23. The van der Waals surface area contributed by atoms with Gasteiger partial charge in [-0.3, -0.25) is 9.59 Å². The summed E-state index contributed by atoms with van der Waals surface area (Å²) in [7, 11) is 0. The Morgan fingerprint density at radius 2 is 0.885 bits per heavy atom. The Kier molecular flexibility index (Phi) is 20.9. The van der Waals surface area contributed by atoms with Gasteiger partial charge in [0.1, 0.15) is 0 Å². The van der Waals surface area contributed by atoms with E-state index < -0.39 is 17.4 Å². The summed E-state index contributed by atoms with van der Waals surface area (Å²) in [5.74, 6) is -2.32. The molecule has 0 saturated carbocycles. The third-order valence-electron chi connectivity index (χ3n) is 5.23. The van der Waals surface area contributed by atoms with Crippen molar-refractivity contribution in [1.82, 2.24) is 0 Å². The summed E-state index contributed by atoms with van der Waals surface area (Å²) < 4.78 is 0. The van der Waals surface area contributed by atoms with Gasteiger partial charge in [-0.2, -0.15) is 0 Å². The van der Waals surface area contributed by atoms with Crippen LogP contribution in [-0.4, -0.2) is 22.2 Å². The van der Waals surface area contributed by atoms with Gasteiger partial charge in [0, 0.05) is 0 Å². The summed E-state index contributed by atoms with van der Waals surface area (Å²) in [5.41, 5.74) is -1.58. The van der Waals surface area contributed by atoms with Gasteiger partial charge in [-0.05, 0) is 12.8 Å². The summed E-state index contributed by atoms with van der Waals surface area (Å²) in [5, 5.41) is 19.0. The van der Waals surface area contributed by atoms with Crippen LogP contribution in [0.4, 0.5) is 0 Å². The van der Waals surface area contributed by atoms with Crippen LogP contribution in [0.15, 0.2) is 0 Å². The first-order valence-electron chi connectivity index (χ1n) is 10.5. The van der Waals surface area contributed by atoms with Crippen molar-refractivity contribution in [2.24, 2.45) is 5.41 Å². The molecule has 0 unspecified atom stereocenters. The van der Waals surface area contributed by atoms with Gasteiger partial charge in [0.05, 0.1) is 0 Å². The second-order valence-electron chi connectivity index (χ2n) is 7.44. The van der Waals surface area contributed by atoms with Crippen LogP contribution in [0, 0.1) is 5.41 Å². The normalized spacial score (nSPS) is 11.2. The molecule has 0 heterocycles. The molecule has 0 saturated heterocycles. The molecule has 150 valence electrons. The van der Waals surface area contributed by atoms with Crippen molar-refractivity contribution in [2.75, 3.05) is 0 Å².